The van der Waals surface area contributed by atoms with Gasteiger partial charge in [0, 0.05) is 6.04 Å². The van der Waals surface area contributed by atoms with E-state index in [1.54, 1.807) is 5.56 Å². The fourth-order valence-corrected chi connectivity index (χ4v) is 3.65. The van der Waals surface area contributed by atoms with Crippen molar-refractivity contribution < 1.29 is 0 Å². The van der Waals surface area contributed by atoms with Gasteiger partial charge in [-0.25, -0.2) is 0 Å². The molecule has 0 saturated carbocycles. The number of rotatable bonds is 2. The third kappa shape index (κ3) is 3.24. The molecule has 2 heterocycles. The summed E-state index contributed by atoms with van der Waals surface area (Å²) in [4.78, 5) is 2.45. The molecule has 110 valence electrons. The molecule has 2 nitrogen and oxygen atoms in total. The minimum absolute atomic E-state index is 0.581. The van der Waals surface area contributed by atoms with Crippen LogP contribution in [-0.2, 0) is 0 Å². The lowest BCUT2D eigenvalue weighted by Gasteiger charge is -2.31. The van der Waals surface area contributed by atoms with E-state index in [4.69, 9.17) is 0 Å². The Balaban J connectivity index is 1.69. The molecular formula is C18H28N2. The zero-order chi connectivity index (χ0) is 13.9. The van der Waals surface area contributed by atoms with Crippen LogP contribution < -0.4 is 5.32 Å². The summed E-state index contributed by atoms with van der Waals surface area (Å²) in [5.74, 6) is 1.61. The van der Waals surface area contributed by atoms with Crippen LogP contribution in [0.5, 0.6) is 0 Å². The Kier molecular flexibility index (Phi) is 4.42. The maximum atomic E-state index is 3.71. The van der Waals surface area contributed by atoms with E-state index >= 15 is 0 Å². The molecule has 0 aromatic heterocycles. The van der Waals surface area contributed by atoms with Crippen molar-refractivity contribution in [1.82, 2.24) is 10.2 Å². The maximum Gasteiger partial charge on any atom is 0.0320 e. The molecule has 1 aromatic carbocycles. The van der Waals surface area contributed by atoms with Crippen LogP contribution in [0.2, 0.25) is 0 Å². The van der Waals surface area contributed by atoms with E-state index in [-0.39, 0.29) is 0 Å². The van der Waals surface area contributed by atoms with Crippen LogP contribution >= 0.6 is 0 Å². The summed E-state index contributed by atoms with van der Waals surface area (Å²) >= 11 is 0. The fraction of sp³-hybridized carbons (Fsp3) is 0.667. The van der Waals surface area contributed by atoms with Gasteiger partial charge in [0.1, 0.15) is 0 Å². The molecule has 2 aliphatic heterocycles. The topological polar surface area (TPSA) is 15.3 Å². The molecule has 2 heteroatoms. The monoisotopic (exact) mass is 272 g/mol. The number of nitrogens with one attached hydrogen (secondary N) is 1. The van der Waals surface area contributed by atoms with Crippen LogP contribution in [0.15, 0.2) is 24.3 Å². The molecule has 1 aromatic rings. The van der Waals surface area contributed by atoms with E-state index in [0.29, 0.717) is 6.04 Å². The van der Waals surface area contributed by atoms with Gasteiger partial charge in [0.05, 0.1) is 0 Å². The lowest BCUT2D eigenvalue weighted by atomic mass is 9.86. The highest BCUT2D eigenvalue weighted by Crippen LogP contribution is 2.31. The average molecular weight is 272 g/mol. The van der Waals surface area contributed by atoms with Crippen LogP contribution in [0.1, 0.15) is 55.7 Å². The summed E-state index contributed by atoms with van der Waals surface area (Å²) in [5.41, 5.74) is 3.07. The van der Waals surface area contributed by atoms with Gasteiger partial charge in [-0.15, -0.1) is 0 Å². The Morgan fingerprint density at radius 1 is 1.05 bits per heavy atom. The van der Waals surface area contributed by atoms with Gasteiger partial charge in [-0.2, -0.15) is 0 Å². The van der Waals surface area contributed by atoms with Crippen molar-refractivity contribution in [3.05, 3.63) is 35.4 Å². The van der Waals surface area contributed by atoms with Crippen LogP contribution in [0, 0.1) is 5.92 Å². The Morgan fingerprint density at radius 2 is 1.80 bits per heavy atom. The van der Waals surface area contributed by atoms with Crippen LogP contribution in [0.4, 0.5) is 0 Å². The first-order valence-electron chi connectivity index (χ1n) is 8.24. The third-order valence-corrected chi connectivity index (χ3v) is 5.16. The predicted molar refractivity (Wildman–Crippen MR) is 85.1 cm³/mol. The molecule has 2 atom stereocenters. The molecule has 0 spiro atoms. The molecule has 0 aliphatic carbocycles. The van der Waals surface area contributed by atoms with Gasteiger partial charge in [-0.3, -0.25) is 0 Å². The first-order chi connectivity index (χ1) is 9.72. The minimum Gasteiger partial charge on any atom is -0.310 e. The van der Waals surface area contributed by atoms with Gasteiger partial charge < -0.3 is 10.2 Å². The summed E-state index contributed by atoms with van der Waals surface area (Å²) < 4.78 is 0. The third-order valence-electron chi connectivity index (χ3n) is 5.16. The molecule has 0 radical (unpaired) electrons. The molecule has 3 rings (SSSR count). The lowest BCUT2D eigenvalue weighted by molar-refractivity contribution is 0.255. The number of piperidine rings is 2. The van der Waals surface area contributed by atoms with Crippen LogP contribution in [-0.4, -0.2) is 31.6 Å². The SMILES string of the molecule is CC1CCC(c2cccc(C3CCN(C)CC3)c2)NC1. The second-order valence-electron chi connectivity index (χ2n) is 6.89. The Bertz CT molecular complexity index is 390. The zero-order valence-corrected chi connectivity index (χ0v) is 12.9. The number of hydrogen-bond donors (Lipinski definition) is 1. The fourth-order valence-electron chi connectivity index (χ4n) is 3.65. The van der Waals surface area contributed by atoms with Crippen molar-refractivity contribution >= 4 is 0 Å². The predicted octanol–water partition coefficient (Wildman–Crippen LogP) is 3.56. The van der Waals surface area contributed by atoms with Gasteiger partial charge in [-0.05, 0) is 75.3 Å². The highest BCUT2D eigenvalue weighted by atomic mass is 15.1. The Labute approximate surface area is 123 Å². The molecule has 2 saturated heterocycles. The summed E-state index contributed by atoms with van der Waals surface area (Å²) in [6, 6.07) is 9.97. The number of nitrogens with zero attached hydrogens (tertiary/aromatic N) is 1. The quantitative estimate of drug-likeness (QED) is 0.885. The summed E-state index contributed by atoms with van der Waals surface area (Å²) in [6.07, 6.45) is 5.28. The number of likely N-dealkylation sites (tertiary alicyclic amines) is 1. The van der Waals surface area contributed by atoms with Crippen molar-refractivity contribution in [3.8, 4) is 0 Å². The standard InChI is InChI=1S/C18H28N2/c1-14-6-7-18(19-13-14)17-5-3-4-16(12-17)15-8-10-20(2)11-9-15/h3-5,12,14-15,18-19H,6-11,13H2,1-2H3. The average Bonchev–Trinajstić information content (AvgIpc) is 2.49. The van der Waals surface area contributed by atoms with Gasteiger partial charge in [0.15, 0.2) is 0 Å². The number of hydrogen-bond acceptors (Lipinski definition) is 2. The van der Waals surface area contributed by atoms with Crippen molar-refractivity contribution in [2.24, 2.45) is 5.92 Å². The van der Waals surface area contributed by atoms with Crippen molar-refractivity contribution in [1.29, 1.82) is 0 Å². The first-order valence-corrected chi connectivity index (χ1v) is 8.24. The first kappa shape index (κ1) is 14.1. The second-order valence-corrected chi connectivity index (χ2v) is 6.89. The van der Waals surface area contributed by atoms with Crippen LogP contribution in [0.25, 0.3) is 0 Å². The highest BCUT2D eigenvalue weighted by Gasteiger charge is 2.21. The Hall–Kier alpha value is -0.860. The lowest BCUT2D eigenvalue weighted by Crippen LogP contribution is -2.32. The molecule has 2 unspecified atom stereocenters. The van der Waals surface area contributed by atoms with Crippen molar-refractivity contribution in [3.63, 3.8) is 0 Å². The van der Waals surface area contributed by atoms with Gasteiger partial charge in [0.25, 0.3) is 0 Å². The molecule has 1 N–H and O–H groups in total. The summed E-state index contributed by atoms with van der Waals surface area (Å²) in [7, 11) is 2.24. The smallest absolute Gasteiger partial charge is 0.0320 e. The zero-order valence-electron chi connectivity index (χ0n) is 12.9. The molecule has 2 aliphatic rings. The molecule has 0 amide bonds. The van der Waals surface area contributed by atoms with E-state index in [2.05, 4.69) is 48.5 Å². The minimum atomic E-state index is 0.581. The highest BCUT2D eigenvalue weighted by molar-refractivity contribution is 5.29. The van der Waals surface area contributed by atoms with Crippen molar-refractivity contribution in [2.75, 3.05) is 26.7 Å². The van der Waals surface area contributed by atoms with Gasteiger partial charge in [-0.1, -0.05) is 31.2 Å². The number of benzene rings is 1. The van der Waals surface area contributed by atoms with E-state index in [9.17, 15) is 0 Å². The Morgan fingerprint density at radius 3 is 2.50 bits per heavy atom. The molecule has 20 heavy (non-hydrogen) atoms. The van der Waals surface area contributed by atoms with E-state index in [0.717, 1.165) is 11.8 Å². The van der Waals surface area contributed by atoms with E-state index in [1.165, 1.54) is 50.9 Å². The maximum absolute atomic E-state index is 3.71. The largest absolute Gasteiger partial charge is 0.310 e. The summed E-state index contributed by atoms with van der Waals surface area (Å²) in [5, 5.41) is 3.71. The van der Waals surface area contributed by atoms with E-state index in [1.807, 2.05) is 0 Å². The molecule has 0 bridgehead atoms. The normalized spacial score (nSPS) is 29.5. The van der Waals surface area contributed by atoms with Gasteiger partial charge >= 0.3 is 0 Å². The van der Waals surface area contributed by atoms with Crippen molar-refractivity contribution in [2.45, 2.75) is 44.6 Å². The van der Waals surface area contributed by atoms with E-state index < -0.39 is 0 Å². The summed E-state index contributed by atoms with van der Waals surface area (Å²) in [6.45, 7) is 6.00. The second kappa shape index (κ2) is 6.28. The van der Waals surface area contributed by atoms with Gasteiger partial charge in [0.2, 0.25) is 0 Å². The van der Waals surface area contributed by atoms with Crippen LogP contribution in [0.3, 0.4) is 0 Å². The molecular weight excluding hydrogens is 244 g/mol. The molecule has 2 fully saturated rings.